The summed E-state index contributed by atoms with van der Waals surface area (Å²) >= 11 is 0. The fourth-order valence-corrected chi connectivity index (χ4v) is 11.2. The van der Waals surface area contributed by atoms with E-state index in [-0.39, 0.29) is 6.67 Å². The fraction of sp³-hybridized carbons (Fsp3) is 0.156. The Labute approximate surface area is 438 Å². The number of anilines is 14. The molecule has 0 aliphatic carbocycles. The van der Waals surface area contributed by atoms with Gasteiger partial charge in [0.2, 0.25) is 0 Å². The minimum atomic E-state index is -2.27. The fourth-order valence-electron chi connectivity index (χ4n) is 11.2. The number of fused-ring (bicyclic) bond motifs is 4. The average Bonchev–Trinajstić information content (AvgIpc) is 4.35. The molecule has 9 aromatic carbocycles. The average molecular weight is 974 g/mol. The monoisotopic (exact) mass is 973 g/mol. The first-order valence-corrected chi connectivity index (χ1v) is 25.5. The van der Waals surface area contributed by atoms with Gasteiger partial charge in [0.1, 0.15) is 36.3 Å². The molecule has 10 nitrogen and oxygen atoms in total. The highest BCUT2D eigenvalue weighted by atomic mass is 16.5. The van der Waals surface area contributed by atoms with E-state index in [1.165, 1.54) is 44.5 Å². The molecule has 13 rings (SSSR count). The molecule has 4 aliphatic rings. The van der Waals surface area contributed by atoms with E-state index >= 15 is 0 Å². The number of rotatable bonds is 12. The maximum Gasteiger partial charge on any atom is 0.129 e. The van der Waals surface area contributed by atoms with Crippen molar-refractivity contribution in [1.29, 1.82) is 0 Å². The summed E-state index contributed by atoms with van der Waals surface area (Å²) in [6, 6.07) is 71.3. The Bertz CT molecular complexity index is 3700. The minimum absolute atomic E-state index is 0.212. The van der Waals surface area contributed by atoms with Crippen LogP contribution in [0.1, 0.15) is 29.1 Å². The zero-order chi connectivity index (χ0) is 52.4. The van der Waals surface area contributed by atoms with Gasteiger partial charge in [0, 0.05) is 76.5 Å². The van der Waals surface area contributed by atoms with Gasteiger partial charge in [-0.05, 0) is 133 Å². The van der Waals surface area contributed by atoms with Crippen LogP contribution in [0.3, 0.4) is 0 Å². The SMILES string of the molecule is [2H]C([2H])([2H])N1CN(c2cccc(Oc3cccc(N4CN(c5cc(CC)c(N6CN(c7cccc(Oc8cccc(N9CN(C)c%10ccccc%109)c8)c7)c7ccccc76)cc5CC)c5ccccc54)c3)c2)c2ccccc21. The van der Waals surface area contributed by atoms with E-state index in [1.807, 2.05) is 77.7 Å². The predicted molar refractivity (Wildman–Crippen MR) is 306 cm³/mol. The summed E-state index contributed by atoms with van der Waals surface area (Å²) in [4.78, 5) is 17.7. The Balaban J connectivity index is 0.754. The largest absolute Gasteiger partial charge is 0.457 e. The smallest absolute Gasteiger partial charge is 0.129 e. The van der Waals surface area contributed by atoms with Crippen molar-refractivity contribution >= 4 is 79.6 Å². The molecular formula is C64H58N8O2. The van der Waals surface area contributed by atoms with Gasteiger partial charge in [0.05, 0.1) is 58.8 Å². The molecule has 0 saturated heterocycles. The van der Waals surface area contributed by atoms with Crippen LogP contribution in [0, 0.1) is 0 Å². The molecule has 0 bridgehead atoms. The number of hydrogen-bond acceptors (Lipinski definition) is 10. The van der Waals surface area contributed by atoms with E-state index in [0.717, 1.165) is 76.5 Å². The number of para-hydroxylation sites is 8. The molecule has 10 heteroatoms. The molecule has 0 atom stereocenters. The molecule has 0 amide bonds. The van der Waals surface area contributed by atoms with Crippen molar-refractivity contribution in [3.05, 3.63) is 217 Å². The molecule has 9 aromatic rings. The van der Waals surface area contributed by atoms with Crippen molar-refractivity contribution in [2.24, 2.45) is 0 Å². The standard InChI is InChI=1S/C64H58N8O2/c1-5-45-35-64(72-44-70(60-32-12-14-34-62(60)72)50-22-18-26-54(40-50)74-52-24-16-20-48(38-52)68-42-66(4)56-28-8-10-30-58(56)68)46(6-2)36-63(45)71-43-69(59-31-11-13-33-61(59)71)49-21-17-25-53(39-49)73-51-23-15-19-47(37-51)67-41-65(3)55-27-7-9-29-57(55)67/h7-40H,5-6,41-44H2,1-4H3/i3D3. The van der Waals surface area contributed by atoms with Gasteiger partial charge < -0.3 is 48.7 Å². The summed E-state index contributed by atoms with van der Waals surface area (Å²) in [7, 11) is 2.13. The third-order valence-electron chi connectivity index (χ3n) is 14.8. The van der Waals surface area contributed by atoms with Crippen LogP contribution in [0.15, 0.2) is 206 Å². The molecule has 0 unspecified atom stereocenters. The molecule has 0 fully saturated rings. The van der Waals surface area contributed by atoms with Crippen molar-refractivity contribution in [3.63, 3.8) is 0 Å². The first-order chi connectivity index (χ1) is 37.6. The van der Waals surface area contributed by atoms with Gasteiger partial charge in [0.25, 0.3) is 0 Å². The minimum Gasteiger partial charge on any atom is -0.457 e. The van der Waals surface area contributed by atoms with E-state index in [4.69, 9.17) is 13.6 Å². The van der Waals surface area contributed by atoms with Crippen LogP contribution in [0.5, 0.6) is 23.0 Å². The van der Waals surface area contributed by atoms with Crippen LogP contribution in [0.2, 0.25) is 0 Å². The normalized spacial score (nSPS) is 15.2. The third-order valence-corrected chi connectivity index (χ3v) is 14.8. The number of aryl methyl sites for hydroxylation is 2. The van der Waals surface area contributed by atoms with Crippen LogP contribution in [0.25, 0.3) is 0 Å². The Hall–Kier alpha value is -9.02. The molecule has 4 aliphatic heterocycles. The second-order valence-corrected chi connectivity index (χ2v) is 19.2. The Morgan fingerprint density at radius 1 is 0.324 bits per heavy atom. The van der Waals surface area contributed by atoms with Gasteiger partial charge in [-0.25, -0.2) is 0 Å². The number of ether oxygens (including phenoxy) is 2. The number of benzene rings is 9. The number of nitrogens with zero attached hydrogens (tertiary/aromatic N) is 8. The molecule has 74 heavy (non-hydrogen) atoms. The van der Waals surface area contributed by atoms with Crippen LogP contribution in [-0.4, -0.2) is 40.7 Å². The lowest BCUT2D eigenvalue weighted by atomic mass is 10.0. The lowest BCUT2D eigenvalue weighted by molar-refractivity contribution is 0.482. The van der Waals surface area contributed by atoms with Gasteiger partial charge in [-0.2, -0.15) is 0 Å². The summed E-state index contributed by atoms with van der Waals surface area (Å²) < 4.78 is 37.8. The predicted octanol–water partition coefficient (Wildman–Crippen LogP) is 16.0. The zero-order valence-electron chi connectivity index (χ0n) is 44.8. The topological polar surface area (TPSA) is 44.4 Å². The summed E-state index contributed by atoms with van der Waals surface area (Å²) in [5.74, 6) is 2.94. The van der Waals surface area contributed by atoms with E-state index in [9.17, 15) is 0 Å². The first-order valence-electron chi connectivity index (χ1n) is 27.0. The van der Waals surface area contributed by atoms with E-state index < -0.39 is 6.98 Å². The Morgan fingerprint density at radius 2 is 0.622 bits per heavy atom. The zero-order valence-corrected chi connectivity index (χ0v) is 41.8. The van der Waals surface area contributed by atoms with Gasteiger partial charge in [-0.3, -0.25) is 0 Å². The molecule has 0 spiro atoms. The molecule has 0 saturated carbocycles. The molecule has 0 radical (unpaired) electrons. The highest BCUT2D eigenvalue weighted by Gasteiger charge is 2.33. The second kappa shape index (κ2) is 18.5. The lowest BCUT2D eigenvalue weighted by Crippen LogP contribution is -2.26. The number of hydrogen-bond donors (Lipinski definition) is 0. The Morgan fingerprint density at radius 3 is 0.973 bits per heavy atom. The van der Waals surface area contributed by atoms with Gasteiger partial charge in [-0.1, -0.05) is 86.6 Å². The second-order valence-electron chi connectivity index (χ2n) is 19.2. The van der Waals surface area contributed by atoms with Gasteiger partial charge in [-0.15, -0.1) is 0 Å². The summed E-state index contributed by atoms with van der Waals surface area (Å²) in [5.41, 5.74) is 17.5. The van der Waals surface area contributed by atoms with E-state index in [0.29, 0.717) is 30.5 Å². The maximum atomic E-state index is 8.19. The summed E-state index contributed by atoms with van der Waals surface area (Å²) in [5, 5.41) is 0. The van der Waals surface area contributed by atoms with Crippen molar-refractivity contribution in [1.82, 2.24) is 0 Å². The quantitative estimate of drug-likeness (QED) is 0.118. The van der Waals surface area contributed by atoms with E-state index in [1.54, 1.807) is 0 Å². The lowest BCUT2D eigenvalue weighted by Gasteiger charge is -2.29. The van der Waals surface area contributed by atoms with Gasteiger partial charge in [0.15, 0.2) is 0 Å². The summed E-state index contributed by atoms with van der Waals surface area (Å²) in [6.07, 6.45) is 1.71. The molecule has 0 aromatic heterocycles. The highest BCUT2D eigenvalue weighted by molar-refractivity contribution is 5.92. The van der Waals surface area contributed by atoms with Crippen LogP contribution in [0.4, 0.5) is 79.6 Å². The van der Waals surface area contributed by atoms with Crippen LogP contribution in [-0.2, 0) is 12.8 Å². The molecular weight excluding hydrogens is 913 g/mol. The van der Waals surface area contributed by atoms with Crippen molar-refractivity contribution in [2.75, 3.05) is 79.9 Å². The third kappa shape index (κ3) is 7.90. The van der Waals surface area contributed by atoms with Crippen molar-refractivity contribution in [2.45, 2.75) is 26.7 Å². The first kappa shape index (κ1) is 41.6. The molecule has 0 N–H and O–H groups in total. The van der Waals surface area contributed by atoms with Crippen LogP contribution >= 0.6 is 0 Å². The van der Waals surface area contributed by atoms with E-state index in [2.05, 4.69) is 184 Å². The summed E-state index contributed by atoms with van der Waals surface area (Å²) in [6.45, 7) is 4.49. The Kier molecular flexibility index (Phi) is 10.4. The maximum absolute atomic E-state index is 8.19. The molecule has 4 heterocycles. The van der Waals surface area contributed by atoms with Crippen molar-refractivity contribution < 1.29 is 13.6 Å². The molecule has 366 valence electrons. The van der Waals surface area contributed by atoms with Gasteiger partial charge >= 0.3 is 0 Å². The van der Waals surface area contributed by atoms with Crippen molar-refractivity contribution in [3.8, 4) is 23.0 Å². The highest BCUT2D eigenvalue weighted by Crippen LogP contribution is 2.51. The van der Waals surface area contributed by atoms with Crippen LogP contribution < -0.4 is 48.7 Å².